The monoisotopic (exact) mass is 334 g/mol. The van der Waals surface area contributed by atoms with Crippen LogP contribution in [0.4, 0.5) is 0 Å². The first kappa shape index (κ1) is 18.7. The average Bonchev–Trinajstić information content (AvgIpc) is 2.54. The van der Waals surface area contributed by atoms with Gasteiger partial charge in [-0.2, -0.15) is 0 Å². The van der Waals surface area contributed by atoms with E-state index in [-0.39, 0.29) is 11.3 Å². The number of ether oxygens (including phenoxy) is 1. The molecule has 1 heterocycles. The number of nitrogens with zero attached hydrogens (tertiary/aromatic N) is 1. The van der Waals surface area contributed by atoms with Crippen LogP contribution in [0.15, 0.2) is 24.3 Å². The van der Waals surface area contributed by atoms with Crippen molar-refractivity contribution in [3.05, 3.63) is 29.8 Å². The van der Waals surface area contributed by atoms with Crippen LogP contribution >= 0.6 is 0 Å². The largest absolute Gasteiger partial charge is 0.496 e. The fourth-order valence-electron chi connectivity index (χ4n) is 3.10. The summed E-state index contributed by atoms with van der Waals surface area (Å²) in [5.74, 6) is 0.828. The number of likely N-dealkylation sites (tertiary alicyclic amines) is 1. The molecule has 0 radical (unpaired) electrons. The molecule has 0 unspecified atom stereocenters. The Balaban J connectivity index is 1.78. The molecule has 2 rings (SSSR count). The fraction of sp³-hybridized carbons (Fsp3) is 0.632. The predicted octanol–water partition coefficient (Wildman–Crippen LogP) is 2.18. The van der Waals surface area contributed by atoms with E-state index in [0.29, 0.717) is 13.0 Å². The first-order valence-electron chi connectivity index (χ1n) is 8.58. The molecule has 5 nitrogen and oxygen atoms in total. The quantitative estimate of drug-likeness (QED) is 0.837. The van der Waals surface area contributed by atoms with Gasteiger partial charge in [-0.15, -0.1) is 0 Å². The van der Waals surface area contributed by atoms with Crippen LogP contribution in [0.2, 0.25) is 0 Å². The molecule has 1 aliphatic heterocycles. The van der Waals surface area contributed by atoms with Crippen LogP contribution in [-0.4, -0.2) is 48.3 Å². The number of aliphatic hydroxyl groups is 1. The topological polar surface area (TPSA) is 61.8 Å². The van der Waals surface area contributed by atoms with Crippen molar-refractivity contribution in [2.75, 3.05) is 26.7 Å². The molecule has 0 saturated carbocycles. The van der Waals surface area contributed by atoms with E-state index in [9.17, 15) is 9.90 Å². The first-order valence-corrected chi connectivity index (χ1v) is 8.58. The van der Waals surface area contributed by atoms with Gasteiger partial charge in [-0.3, -0.25) is 4.79 Å². The van der Waals surface area contributed by atoms with Crippen molar-refractivity contribution in [1.29, 1.82) is 0 Å². The summed E-state index contributed by atoms with van der Waals surface area (Å²) in [5.41, 5.74) is 0.165. The number of amides is 1. The normalized spacial score (nSPS) is 23.7. The van der Waals surface area contributed by atoms with Gasteiger partial charge in [0.25, 0.3) is 0 Å². The third-order valence-corrected chi connectivity index (χ3v) is 5.32. The number of piperidine rings is 1. The maximum Gasteiger partial charge on any atom is 0.221 e. The molecular formula is C19H30N2O3. The van der Waals surface area contributed by atoms with Crippen molar-refractivity contribution < 1.29 is 14.6 Å². The van der Waals surface area contributed by atoms with E-state index in [2.05, 4.69) is 24.1 Å². The molecule has 1 saturated heterocycles. The molecule has 0 aromatic heterocycles. The maximum atomic E-state index is 12.1. The molecular weight excluding hydrogens is 304 g/mol. The Kier molecular flexibility index (Phi) is 5.88. The van der Waals surface area contributed by atoms with E-state index < -0.39 is 5.60 Å². The molecule has 0 aliphatic carbocycles. The summed E-state index contributed by atoms with van der Waals surface area (Å²) < 4.78 is 5.29. The second-order valence-electron chi connectivity index (χ2n) is 7.52. The van der Waals surface area contributed by atoms with Gasteiger partial charge in [-0.25, -0.2) is 0 Å². The zero-order chi connectivity index (χ0) is 17.8. The Morgan fingerprint density at radius 1 is 1.33 bits per heavy atom. The highest BCUT2D eigenvalue weighted by atomic mass is 16.5. The number of para-hydroxylation sites is 1. The average molecular weight is 334 g/mol. The fourth-order valence-corrected chi connectivity index (χ4v) is 3.10. The lowest BCUT2D eigenvalue weighted by molar-refractivity contribution is -0.123. The van der Waals surface area contributed by atoms with Crippen molar-refractivity contribution in [2.24, 2.45) is 5.41 Å². The van der Waals surface area contributed by atoms with E-state index in [1.165, 1.54) is 0 Å². The third kappa shape index (κ3) is 4.48. The molecule has 2 N–H and O–H groups in total. The Hall–Kier alpha value is -1.59. The number of hydrogen-bond donors (Lipinski definition) is 2. The summed E-state index contributed by atoms with van der Waals surface area (Å²) in [6.45, 7) is 8.91. The number of carbonyl (C=O) groups is 1. The van der Waals surface area contributed by atoms with Crippen LogP contribution in [0.3, 0.4) is 0 Å². The van der Waals surface area contributed by atoms with Crippen molar-refractivity contribution in [3.63, 3.8) is 0 Å². The summed E-state index contributed by atoms with van der Waals surface area (Å²) in [5, 5.41) is 13.4. The molecule has 1 fully saturated rings. The SMILES string of the molecule is COc1ccccc1CNC(=O)CCN1CC[C@@](C)(O)C(C)(C)C1. The first-order chi connectivity index (χ1) is 11.2. The minimum absolute atomic E-state index is 0.0380. The second-order valence-corrected chi connectivity index (χ2v) is 7.52. The van der Waals surface area contributed by atoms with Gasteiger partial charge in [0.1, 0.15) is 5.75 Å². The lowest BCUT2D eigenvalue weighted by Crippen LogP contribution is -2.56. The number of rotatable bonds is 6. The molecule has 1 amide bonds. The van der Waals surface area contributed by atoms with Crippen LogP contribution in [0.5, 0.6) is 5.75 Å². The van der Waals surface area contributed by atoms with Gasteiger partial charge in [0.05, 0.1) is 12.7 Å². The van der Waals surface area contributed by atoms with E-state index in [4.69, 9.17) is 4.74 Å². The molecule has 0 bridgehead atoms. The van der Waals surface area contributed by atoms with Crippen molar-refractivity contribution >= 4 is 5.91 Å². The minimum atomic E-state index is -0.643. The van der Waals surface area contributed by atoms with Gasteiger partial charge in [0, 0.05) is 43.6 Å². The van der Waals surface area contributed by atoms with Crippen LogP contribution in [0.25, 0.3) is 0 Å². The number of benzene rings is 1. The van der Waals surface area contributed by atoms with Gasteiger partial charge in [0.2, 0.25) is 5.91 Å². The van der Waals surface area contributed by atoms with Crippen LogP contribution in [0.1, 0.15) is 39.2 Å². The summed E-state index contributed by atoms with van der Waals surface area (Å²) in [6, 6.07) is 7.69. The van der Waals surface area contributed by atoms with Crippen molar-refractivity contribution in [2.45, 2.75) is 45.8 Å². The molecule has 1 atom stereocenters. The predicted molar refractivity (Wildman–Crippen MR) is 94.9 cm³/mol. The molecule has 1 aromatic carbocycles. The molecule has 134 valence electrons. The van der Waals surface area contributed by atoms with Crippen LogP contribution in [0, 0.1) is 5.41 Å². The Morgan fingerprint density at radius 3 is 2.71 bits per heavy atom. The zero-order valence-electron chi connectivity index (χ0n) is 15.3. The zero-order valence-corrected chi connectivity index (χ0v) is 15.3. The number of methoxy groups -OCH3 is 1. The van der Waals surface area contributed by atoms with E-state index in [0.717, 1.165) is 37.4 Å². The summed E-state index contributed by atoms with van der Waals surface area (Å²) >= 11 is 0. The van der Waals surface area contributed by atoms with Crippen LogP contribution in [-0.2, 0) is 11.3 Å². The van der Waals surface area contributed by atoms with E-state index in [1.54, 1.807) is 7.11 Å². The highest BCUT2D eigenvalue weighted by Crippen LogP contribution is 2.38. The third-order valence-electron chi connectivity index (χ3n) is 5.32. The molecule has 1 aliphatic rings. The van der Waals surface area contributed by atoms with Crippen LogP contribution < -0.4 is 10.1 Å². The Labute approximate surface area is 145 Å². The van der Waals surface area contributed by atoms with Gasteiger partial charge < -0.3 is 20.1 Å². The lowest BCUT2D eigenvalue weighted by atomic mass is 9.71. The van der Waals surface area contributed by atoms with Gasteiger partial charge >= 0.3 is 0 Å². The summed E-state index contributed by atoms with van der Waals surface area (Å²) in [6.07, 6.45) is 1.20. The molecule has 24 heavy (non-hydrogen) atoms. The van der Waals surface area contributed by atoms with Crippen molar-refractivity contribution in [3.8, 4) is 5.75 Å². The van der Waals surface area contributed by atoms with Crippen molar-refractivity contribution in [1.82, 2.24) is 10.2 Å². The second kappa shape index (κ2) is 7.53. The highest BCUT2D eigenvalue weighted by Gasteiger charge is 2.43. The maximum absolute atomic E-state index is 12.1. The van der Waals surface area contributed by atoms with Gasteiger partial charge in [-0.05, 0) is 19.4 Å². The van der Waals surface area contributed by atoms with Gasteiger partial charge in [0.15, 0.2) is 0 Å². The highest BCUT2D eigenvalue weighted by molar-refractivity contribution is 5.76. The molecule has 0 spiro atoms. The summed E-state index contributed by atoms with van der Waals surface area (Å²) in [4.78, 5) is 14.4. The minimum Gasteiger partial charge on any atom is -0.496 e. The Morgan fingerprint density at radius 2 is 2.04 bits per heavy atom. The number of carbonyl (C=O) groups excluding carboxylic acids is 1. The van der Waals surface area contributed by atoms with E-state index in [1.807, 2.05) is 31.2 Å². The standard InChI is InChI=1S/C19H30N2O3/c1-18(2)14-21(12-10-19(18,3)23)11-9-17(22)20-13-15-7-5-6-8-16(15)24-4/h5-8,23H,9-14H2,1-4H3,(H,20,22)/t19-/m1/s1. The molecule has 1 aromatic rings. The lowest BCUT2D eigenvalue weighted by Gasteiger charge is -2.48. The number of hydrogen-bond acceptors (Lipinski definition) is 4. The van der Waals surface area contributed by atoms with Gasteiger partial charge in [-0.1, -0.05) is 32.0 Å². The molecule has 5 heteroatoms. The van der Waals surface area contributed by atoms with E-state index >= 15 is 0 Å². The Bertz CT molecular complexity index is 569. The summed E-state index contributed by atoms with van der Waals surface area (Å²) in [7, 11) is 1.63. The number of nitrogens with one attached hydrogen (secondary N) is 1. The smallest absolute Gasteiger partial charge is 0.221 e.